The molecule has 1 heterocycles. The SMILES string of the molecule is CCCC1(C(=O)O)CCN(C(=O)C2CCCC2CN)C1. The summed E-state index contributed by atoms with van der Waals surface area (Å²) in [7, 11) is 0. The van der Waals surface area contributed by atoms with Crippen LogP contribution >= 0.6 is 0 Å². The van der Waals surface area contributed by atoms with E-state index in [0.29, 0.717) is 32.5 Å². The van der Waals surface area contributed by atoms with Crippen LogP contribution in [0.2, 0.25) is 0 Å². The number of hydrogen-bond donors (Lipinski definition) is 2. The molecule has 5 heteroatoms. The number of hydrogen-bond acceptors (Lipinski definition) is 3. The van der Waals surface area contributed by atoms with Crippen molar-refractivity contribution >= 4 is 11.9 Å². The number of amides is 1. The zero-order valence-corrected chi connectivity index (χ0v) is 12.3. The molecule has 2 aliphatic rings. The van der Waals surface area contributed by atoms with Crippen molar-refractivity contribution in [3.05, 3.63) is 0 Å². The topological polar surface area (TPSA) is 83.6 Å². The first kappa shape index (κ1) is 15.3. The number of carbonyl (C=O) groups excluding carboxylic acids is 1. The Labute approximate surface area is 120 Å². The fourth-order valence-corrected chi connectivity index (χ4v) is 3.90. The van der Waals surface area contributed by atoms with Crippen LogP contribution in [0.3, 0.4) is 0 Å². The average molecular weight is 282 g/mol. The third kappa shape index (κ3) is 2.68. The van der Waals surface area contributed by atoms with Crippen LogP contribution < -0.4 is 5.73 Å². The zero-order chi connectivity index (χ0) is 14.8. The van der Waals surface area contributed by atoms with Crippen molar-refractivity contribution in [1.29, 1.82) is 0 Å². The lowest BCUT2D eigenvalue weighted by molar-refractivity contribution is -0.149. The van der Waals surface area contributed by atoms with Crippen molar-refractivity contribution < 1.29 is 14.7 Å². The molecule has 0 aromatic heterocycles. The van der Waals surface area contributed by atoms with Crippen molar-refractivity contribution in [1.82, 2.24) is 4.90 Å². The van der Waals surface area contributed by atoms with Gasteiger partial charge in [-0.25, -0.2) is 0 Å². The Bertz CT molecular complexity index is 385. The maximum absolute atomic E-state index is 12.6. The van der Waals surface area contributed by atoms with Gasteiger partial charge in [0.2, 0.25) is 5.91 Å². The summed E-state index contributed by atoms with van der Waals surface area (Å²) < 4.78 is 0. The largest absolute Gasteiger partial charge is 0.481 e. The highest BCUT2D eigenvalue weighted by atomic mass is 16.4. The van der Waals surface area contributed by atoms with Gasteiger partial charge in [-0.1, -0.05) is 19.8 Å². The summed E-state index contributed by atoms with van der Waals surface area (Å²) in [4.78, 5) is 26.0. The average Bonchev–Trinajstić information content (AvgIpc) is 3.05. The van der Waals surface area contributed by atoms with Gasteiger partial charge in [0.15, 0.2) is 0 Å². The lowest BCUT2D eigenvalue weighted by Gasteiger charge is -2.27. The Hall–Kier alpha value is -1.10. The van der Waals surface area contributed by atoms with E-state index in [1.807, 2.05) is 6.92 Å². The lowest BCUT2D eigenvalue weighted by Crippen LogP contribution is -2.41. The first-order chi connectivity index (χ1) is 9.54. The van der Waals surface area contributed by atoms with Gasteiger partial charge >= 0.3 is 5.97 Å². The van der Waals surface area contributed by atoms with E-state index in [-0.39, 0.29) is 17.7 Å². The molecule has 2 fully saturated rings. The van der Waals surface area contributed by atoms with Crippen molar-refractivity contribution in [3.8, 4) is 0 Å². The molecule has 1 amide bonds. The van der Waals surface area contributed by atoms with Crippen LogP contribution in [0.4, 0.5) is 0 Å². The Morgan fingerprint density at radius 3 is 2.75 bits per heavy atom. The van der Waals surface area contributed by atoms with Gasteiger partial charge < -0.3 is 15.7 Å². The molecule has 3 N–H and O–H groups in total. The van der Waals surface area contributed by atoms with Crippen LogP contribution in [0.5, 0.6) is 0 Å². The highest BCUT2D eigenvalue weighted by Crippen LogP contribution is 2.39. The predicted octanol–water partition coefficient (Wildman–Crippen LogP) is 1.46. The van der Waals surface area contributed by atoms with E-state index >= 15 is 0 Å². The summed E-state index contributed by atoms with van der Waals surface area (Å²) in [6.07, 6.45) is 5.07. The van der Waals surface area contributed by atoms with Gasteiger partial charge in [0.05, 0.1) is 5.41 Å². The van der Waals surface area contributed by atoms with E-state index in [4.69, 9.17) is 5.73 Å². The lowest BCUT2D eigenvalue weighted by atomic mass is 9.82. The summed E-state index contributed by atoms with van der Waals surface area (Å²) in [5.74, 6) is -0.312. The zero-order valence-electron chi connectivity index (χ0n) is 12.3. The van der Waals surface area contributed by atoms with Crippen LogP contribution in [-0.4, -0.2) is 41.5 Å². The van der Waals surface area contributed by atoms with Crippen molar-refractivity contribution in [3.63, 3.8) is 0 Å². The minimum atomic E-state index is -0.753. The minimum Gasteiger partial charge on any atom is -0.481 e. The van der Waals surface area contributed by atoms with E-state index in [1.54, 1.807) is 4.90 Å². The monoisotopic (exact) mass is 282 g/mol. The number of nitrogens with two attached hydrogens (primary N) is 1. The third-order valence-corrected chi connectivity index (χ3v) is 5.13. The summed E-state index contributed by atoms with van der Waals surface area (Å²) in [5.41, 5.74) is 5.02. The van der Waals surface area contributed by atoms with Gasteiger partial charge in [-0.3, -0.25) is 9.59 Å². The fourth-order valence-electron chi connectivity index (χ4n) is 3.90. The molecule has 1 aliphatic heterocycles. The first-order valence-electron chi connectivity index (χ1n) is 7.76. The second-order valence-corrected chi connectivity index (χ2v) is 6.38. The fraction of sp³-hybridized carbons (Fsp3) is 0.867. The molecular formula is C15H26N2O3. The summed E-state index contributed by atoms with van der Waals surface area (Å²) in [6.45, 7) is 3.52. The molecule has 1 saturated carbocycles. The minimum absolute atomic E-state index is 0.0196. The summed E-state index contributed by atoms with van der Waals surface area (Å²) in [6, 6.07) is 0. The molecule has 1 aliphatic carbocycles. The van der Waals surface area contributed by atoms with Gasteiger partial charge in [-0.15, -0.1) is 0 Å². The molecule has 3 unspecified atom stereocenters. The van der Waals surface area contributed by atoms with Crippen molar-refractivity contribution in [2.45, 2.75) is 45.4 Å². The number of rotatable bonds is 5. The molecule has 3 atom stereocenters. The van der Waals surface area contributed by atoms with E-state index in [9.17, 15) is 14.7 Å². The summed E-state index contributed by atoms with van der Waals surface area (Å²) >= 11 is 0. The second kappa shape index (κ2) is 6.12. The Kier molecular flexibility index (Phi) is 4.68. The second-order valence-electron chi connectivity index (χ2n) is 6.38. The number of carboxylic acid groups (broad SMARTS) is 1. The molecule has 5 nitrogen and oxygen atoms in total. The molecule has 0 aromatic carbocycles. The molecule has 0 bridgehead atoms. The molecule has 2 rings (SSSR count). The molecule has 1 saturated heterocycles. The Balaban J connectivity index is 2.04. The highest BCUT2D eigenvalue weighted by Gasteiger charge is 2.47. The molecular weight excluding hydrogens is 256 g/mol. The highest BCUT2D eigenvalue weighted by molar-refractivity contribution is 5.82. The number of likely N-dealkylation sites (tertiary alicyclic amines) is 1. The number of nitrogens with zero attached hydrogens (tertiary/aromatic N) is 1. The maximum atomic E-state index is 12.6. The third-order valence-electron chi connectivity index (χ3n) is 5.13. The Morgan fingerprint density at radius 1 is 1.40 bits per heavy atom. The molecule has 0 radical (unpaired) electrons. The predicted molar refractivity (Wildman–Crippen MR) is 76.1 cm³/mol. The van der Waals surface area contributed by atoms with E-state index in [1.165, 1.54) is 0 Å². The van der Waals surface area contributed by atoms with Crippen LogP contribution in [0.15, 0.2) is 0 Å². The van der Waals surface area contributed by atoms with Gasteiger partial charge in [0, 0.05) is 19.0 Å². The van der Waals surface area contributed by atoms with Crippen LogP contribution in [0.25, 0.3) is 0 Å². The van der Waals surface area contributed by atoms with Crippen molar-refractivity contribution in [2.75, 3.05) is 19.6 Å². The molecule has 0 aromatic rings. The van der Waals surface area contributed by atoms with E-state index in [2.05, 4.69) is 0 Å². The van der Waals surface area contributed by atoms with Crippen LogP contribution in [-0.2, 0) is 9.59 Å². The summed E-state index contributed by atoms with van der Waals surface area (Å²) in [5, 5.41) is 9.50. The molecule has 114 valence electrons. The number of carboxylic acids is 1. The number of aliphatic carboxylic acids is 1. The molecule has 0 spiro atoms. The quantitative estimate of drug-likeness (QED) is 0.799. The van der Waals surface area contributed by atoms with Gasteiger partial charge in [0.25, 0.3) is 0 Å². The van der Waals surface area contributed by atoms with Gasteiger partial charge in [-0.05, 0) is 38.1 Å². The van der Waals surface area contributed by atoms with E-state index < -0.39 is 11.4 Å². The Morgan fingerprint density at radius 2 is 2.15 bits per heavy atom. The standard InChI is InChI=1S/C15H26N2O3/c1-2-6-15(14(19)20)7-8-17(10-15)13(18)12-5-3-4-11(12)9-16/h11-12H,2-10,16H2,1H3,(H,19,20). The molecule has 20 heavy (non-hydrogen) atoms. The normalized spacial score (nSPS) is 33.6. The first-order valence-corrected chi connectivity index (χ1v) is 7.76. The van der Waals surface area contributed by atoms with E-state index in [0.717, 1.165) is 25.7 Å². The number of carbonyl (C=O) groups is 2. The van der Waals surface area contributed by atoms with Crippen molar-refractivity contribution in [2.24, 2.45) is 23.0 Å². The van der Waals surface area contributed by atoms with Gasteiger partial charge in [-0.2, -0.15) is 0 Å². The maximum Gasteiger partial charge on any atom is 0.311 e. The smallest absolute Gasteiger partial charge is 0.311 e. The van der Waals surface area contributed by atoms with Crippen LogP contribution in [0, 0.1) is 17.3 Å². The van der Waals surface area contributed by atoms with Crippen LogP contribution in [0.1, 0.15) is 45.4 Å². The van der Waals surface area contributed by atoms with Gasteiger partial charge in [0.1, 0.15) is 0 Å².